The van der Waals surface area contributed by atoms with E-state index in [2.05, 4.69) is 0 Å². The van der Waals surface area contributed by atoms with Gasteiger partial charge >= 0.3 is 6.96 Å². The standard InChI is InChI=1S/C28H24BN4O12/c34-30(35)25-9-1-5-21(13-25)17-42-29(43-18-22-6-2-10-26(14-22)31(36)37,44-19-23-7-3-11-27(15-23)32(38)39)45-20-24-8-4-12-28(16-24)33(40)41/h1-16H,17-20H2/q-1. The van der Waals surface area contributed by atoms with E-state index in [1.807, 2.05) is 0 Å². The van der Waals surface area contributed by atoms with Crippen LogP contribution in [-0.2, 0) is 45.0 Å². The molecule has 0 aliphatic heterocycles. The van der Waals surface area contributed by atoms with Crippen molar-refractivity contribution in [1.29, 1.82) is 0 Å². The maximum atomic E-state index is 11.3. The minimum Gasteiger partial charge on any atom is -0.515 e. The van der Waals surface area contributed by atoms with Crippen LogP contribution in [0.3, 0.4) is 0 Å². The zero-order valence-electron chi connectivity index (χ0n) is 23.3. The van der Waals surface area contributed by atoms with Crippen LogP contribution in [0.5, 0.6) is 0 Å². The van der Waals surface area contributed by atoms with E-state index in [4.69, 9.17) is 18.6 Å². The fourth-order valence-corrected chi connectivity index (χ4v) is 4.12. The summed E-state index contributed by atoms with van der Waals surface area (Å²) in [5.41, 5.74) is 0.533. The van der Waals surface area contributed by atoms with Crippen molar-refractivity contribution in [3.8, 4) is 0 Å². The van der Waals surface area contributed by atoms with Crippen molar-refractivity contribution >= 4 is 29.7 Å². The molecule has 45 heavy (non-hydrogen) atoms. The van der Waals surface area contributed by atoms with E-state index in [1.54, 1.807) is 24.3 Å². The number of non-ortho nitro benzene ring substituents is 4. The molecule has 0 spiro atoms. The summed E-state index contributed by atoms with van der Waals surface area (Å²) in [6.07, 6.45) is 0. The minimum absolute atomic E-state index is 0.207. The maximum Gasteiger partial charge on any atom is 0.532 e. The third-order valence-corrected chi connectivity index (χ3v) is 6.30. The first kappa shape index (κ1) is 32.3. The van der Waals surface area contributed by atoms with Crippen LogP contribution in [0.1, 0.15) is 22.3 Å². The molecule has 0 radical (unpaired) electrons. The van der Waals surface area contributed by atoms with Crippen molar-refractivity contribution in [2.24, 2.45) is 0 Å². The fourth-order valence-electron chi connectivity index (χ4n) is 4.12. The molecule has 0 amide bonds. The number of nitro groups is 4. The zero-order chi connectivity index (χ0) is 32.4. The lowest BCUT2D eigenvalue weighted by molar-refractivity contribution is -0.385. The molecule has 0 heterocycles. The van der Waals surface area contributed by atoms with Crippen molar-refractivity contribution < 1.29 is 38.3 Å². The highest BCUT2D eigenvalue weighted by Gasteiger charge is 2.34. The highest BCUT2D eigenvalue weighted by Crippen LogP contribution is 2.25. The van der Waals surface area contributed by atoms with Gasteiger partial charge in [0.25, 0.3) is 22.7 Å². The number of hydrogen-bond acceptors (Lipinski definition) is 12. The summed E-state index contributed by atoms with van der Waals surface area (Å²) in [6.45, 7) is -4.64. The first-order chi connectivity index (χ1) is 21.5. The van der Waals surface area contributed by atoms with Crippen molar-refractivity contribution in [2.45, 2.75) is 26.4 Å². The average molecular weight is 619 g/mol. The van der Waals surface area contributed by atoms with Gasteiger partial charge in [-0.2, -0.15) is 0 Å². The smallest absolute Gasteiger partial charge is 0.515 e. The van der Waals surface area contributed by atoms with Crippen molar-refractivity contribution in [3.05, 3.63) is 160 Å². The van der Waals surface area contributed by atoms with Crippen LogP contribution in [0.2, 0.25) is 0 Å². The summed E-state index contributed by atoms with van der Waals surface area (Å²) in [7, 11) is 0. The Labute approximate surface area is 254 Å². The molecule has 17 heteroatoms. The Bertz CT molecular complexity index is 1470. The predicted molar refractivity (Wildman–Crippen MR) is 157 cm³/mol. The molecule has 232 valence electrons. The van der Waals surface area contributed by atoms with Crippen molar-refractivity contribution in [3.63, 3.8) is 0 Å². The number of nitrogens with zero attached hydrogens (tertiary/aromatic N) is 4. The monoisotopic (exact) mass is 619 g/mol. The van der Waals surface area contributed by atoms with Crippen LogP contribution >= 0.6 is 0 Å². The molecule has 0 aliphatic rings. The van der Waals surface area contributed by atoms with Crippen LogP contribution in [0.4, 0.5) is 22.7 Å². The van der Waals surface area contributed by atoms with Gasteiger partial charge in [0.15, 0.2) is 0 Å². The van der Waals surface area contributed by atoms with Gasteiger partial charge in [-0.15, -0.1) is 0 Å². The van der Waals surface area contributed by atoms with Crippen molar-refractivity contribution in [2.75, 3.05) is 0 Å². The van der Waals surface area contributed by atoms with Crippen LogP contribution in [-0.4, -0.2) is 26.7 Å². The number of benzene rings is 4. The van der Waals surface area contributed by atoms with Gasteiger partial charge in [0.05, 0.1) is 19.7 Å². The number of nitro benzene ring substituents is 4. The third kappa shape index (κ3) is 9.18. The van der Waals surface area contributed by atoms with E-state index in [1.165, 1.54) is 72.8 Å². The highest BCUT2D eigenvalue weighted by atomic mass is 16.9. The molecule has 16 nitrogen and oxygen atoms in total. The van der Waals surface area contributed by atoms with Crippen LogP contribution in [0.25, 0.3) is 0 Å². The van der Waals surface area contributed by atoms with E-state index in [9.17, 15) is 40.5 Å². The normalized spacial score (nSPS) is 11.2. The SMILES string of the molecule is O=[N+]([O-])c1cccc(CO[B-](OCc2cccc([N+](=O)[O-])c2)(OCc2cccc([N+](=O)[O-])c2)OCc2cccc([N+](=O)[O-])c2)c1. The van der Waals surface area contributed by atoms with Gasteiger partial charge < -0.3 is 18.6 Å². The Kier molecular flexibility index (Phi) is 10.6. The van der Waals surface area contributed by atoms with Crippen LogP contribution in [0.15, 0.2) is 97.1 Å². The quantitative estimate of drug-likeness (QED) is 0.0812. The summed E-state index contributed by atoms with van der Waals surface area (Å²) in [4.78, 5) is 42.9. The first-order valence-corrected chi connectivity index (χ1v) is 13.2. The maximum absolute atomic E-state index is 11.3. The van der Waals surface area contributed by atoms with Gasteiger partial charge in [0, 0.05) is 75.0 Å². The van der Waals surface area contributed by atoms with Crippen LogP contribution in [0, 0.1) is 40.5 Å². The Morgan fingerprint density at radius 3 is 0.844 bits per heavy atom. The molecule has 0 saturated heterocycles. The lowest BCUT2D eigenvalue weighted by Crippen LogP contribution is -2.48. The molecule has 4 aromatic rings. The highest BCUT2D eigenvalue weighted by molar-refractivity contribution is 6.53. The summed E-state index contributed by atoms with van der Waals surface area (Å²) in [6, 6.07) is 22.2. The molecule has 4 rings (SSSR count). The zero-order valence-corrected chi connectivity index (χ0v) is 23.3. The van der Waals surface area contributed by atoms with E-state index in [0.29, 0.717) is 22.3 Å². The van der Waals surface area contributed by atoms with Crippen LogP contribution < -0.4 is 0 Å². The van der Waals surface area contributed by atoms with E-state index < -0.39 is 26.7 Å². The van der Waals surface area contributed by atoms with Gasteiger partial charge in [0.2, 0.25) is 0 Å². The molecule has 0 saturated carbocycles. The van der Waals surface area contributed by atoms with Gasteiger partial charge in [-0.05, 0) is 22.3 Å². The Morgan fingerprint density at radius 1 is 0.422 bits per heavy atom. The van der Waals surface area contributed by atoms with Gasteiger partial charge in [-0.25, -0.2) is 0 Å². The molecule has 0 aliphatic carbocycles. The summed E-state index contributed by atoms with van der Waals surface area (Å²) < 4.78 is 24.1. The van der Waals surface area contributed by atoms with Crippen molar-refractivity contribution in [1.82, 2.24) is 0 Å². The van der Waals surface area contributed by atoms with E-state index >= 15 is 0 Å². The molecular formula is C28H24BN4O12-. The Hall–Kier alpha value is -5.62. The Morgan fingerprint density at radius 2 is 0.644 bits per heavy atom. The fraction of sp³-hybridized carbons (Fsp3) is 0.143. The molecule has 0 fully saturated rings. The first-order valence-electron chi connectivity index (χ1n) is 13.2. The second-order valence-electron chi connectivity index (χ2n) is 9.53. The summed E-state index contributed by atoms with van der Waals surface area (Å²) in [5, 5.41) is 45.2. The minimum atomic E-state index is -3.31. The summed E-state index contributed by atoms with van der Waals surface area (Å²) in [5.74, 6) is 0. The number of rotatable bonds is 16. The number of hydrogen-bond donors (Lipinski definition) is 0. The molecule has 4 aromatic carbocycles. The lowest BCUT2D eigenvalue weighted by atomic mass is 10.0. The molecule has 0 aromatic heterocycles. The summed E-state index contributed by atoms with van der Waals surface area (Å²) >= 11 is 0. The third-order valence-electron chi connectivity index (χ3n) is 6.30. The van der Waals surface area contributed by atoms with Gasteiger partial charge in [0.1, 0.15) is 0 Å². The second kappa shape index (κ2) is 14.7. The second-order valence-corrected chi connectivity index (χ2v) is 9.53. The van der Waals surface area contributed by atoms with Gasteiger partial charge in [-0.1, -0.05) is 48.5 Å². The molecule has 0 bridgehead atoms. The topological polar surface area (TPSA) is 209 Å². The molecule has 0 unspecified atom stereocenters. The van der Waals surface area contributed by atoms with Gasteiger partial charge in [-0.3, -0.25) is 40.5 Å². The lowest BCUT2D eigenvalue weighted by Gasteiger charge is -2.41. The largest absolute Gasteiger partial charge is 0.532 e. The molecule has 0 atom stereocenters. The average Bonchev–Trinajstić information content (AvgIpc) is 3.04. The Balaban J connectivity index is 1.69. The molecular weight excluding hydrogens is 595 g/mol. The molecule has 0 N–H and O–H groups in total. The predicted octanol–water partition coefficient (Wildman–Crippen LogP) is 5.92. The van der Waals surface area contributed by atoms with E-state index in [-0.39, 0.29) is 49.2 Å². The van der Waals surface area contributed by atoms with E-state index in [0.717, 1.165) is 0 Å².